The Morgan fingerprint density at radius 3 is 2.83 bits per heavy atom. The minimum atomic E-state index is -0.0413. The van der Waals surface area contributed by atoms with Crippen LogP contribution in [-0.2, 0) is 18.3 Å². The van der Waals surface area contributed by atoms with Crippen LogP contribution in [0.5, 0.6) is 0 Å². The van der Waals surface area contributed by atoms with E-state index in [0.29, 0.717) is 11.6 Å². The highest BCUT2D eigenvalue weighted by Gasteiger charge is 2.12. The zero-order chi connectivity index (χ0) is 15.8. The third kappa shape index (κ3) is 2.59. The summed E-state index contributed by atoms with van der Waals surface area (Å²) in [5.41, 5.74) is 3.08. The molecule has 2 aromatic carbocycles. The molecule has 1 N–H and O–H groups in total. The van der Waals surface area contributed by atoms with E-state index < -0.39 is 0 Å². The van der Waals surface area contributed by atoms with Crippen molar-refractivity contribution in [2.24, 2.45) is 7.05 Å². The van der Waals surface area contributed by atoms with Crippen molar-refractivity contribution in [1.82, 2.24) is 9.55 Å². The smallest absolute Gasteiger partial charge is 0.230 e. The Bertz CT molecular complexity index is 982. The van der Waals surface area contributed by atoms with Crippen molar-refractivity contribution < 1.29 is 4.79 Å². The number of para-hydroxylation sites is 2. The third-order valence-corrected chi connectivity index (χ3v) is 4.82. The van der Waals surface area contributed by atoms with Crippen molar-refractivity contribution in [1.29, 1.82) is 0 Å². The number of carbonyl (C=O) groups excluding carboxylic acids is 1. The number of hydrogen-bond acceptors (Lipinski definition) is 3. The van der Waals surface area contributed by atoms with Crippen LogP contribution in [0.25, 0.3) is 21.1 Å². The van der Waals surface area contributed by atoms with Gasteiger partial charge in [0.25, 0.3) is 0 Å². The average Bonchev–Trinajstić information content (AvgIpc) is 3.09. The standard InChI is InChI=1S/C18H15N3OS/c1-21-11-12(13-6-2-4-8-15(13)21)10-17(22)20-18-19-14-7-3-5-9-16(14)23-18/h2-9,11H,10H2,1H3,(H,19,20,22). The fourth-order valence-electron chi connectivity index (χ4n) is 2.83. The Kier molecular flexibility index (Phi) is 3.35. The summed E-state index contributed by atoms with van der Waals surface area (Å²) in [4.78, 5) is 16.8. The number of nitrogens with zero attached hydrogens (tertiary/aromatic N) is 2. The SMILES string of the molecule is Cn1cc(CC(=O)Nc2nc3ccccc3s2)c2ccccc21. The van der Waals surface area contributed by atoms with Crippen LogP contribution in [0.4, 0.5) is 5.13 Å². The first kappa shape index (κ1) is 14.0. The van der Waals surface area contributed by atoms with E-state index in [2.05, 4.69) is 27.0 Å². The number of amides is 1. The lowest BCUT2D eigenvalue weighted by Crippen LogP contribution is -2.13. The molecule has 0 aliphatic heterocycles. The van der Waals surface area contributed by atoms with Crippen molar-refractivity contribution in [2.75, 3.05) is 5.32 Å². The second-order valence-electron chi connectivity index (χ2n) is 5.49. The van der Waals surface area contributed by atoms with Gasteiger partial charge in [0.1, 0.15) is 0 Å². The fraction of sp³-hybridized carbons (Fsp3) is 0.111. The quantitative estimate of drug-likeness (QED) is 0.620. The summed E-state index contributed by atoms with van der Waals surface area (Å²) in [6, 6.07) is 16.0. The van der Waals surface area contributed by atoms with Crippen molar-refractivity contribution >= 4 is 43.5 Å². The molecule has 23 heavy (non-hydrogen) atoms. The maximum absolute atomic E-state index is 12.4. The van der Waals surface area contributed by atoms with Crippen LogP contribution in [0.3, 0.4) is 0 Å². The number of carbonyl (C=O) groups is 1. The number of rotatable bonds is 3. The largest absolute Gasteiger partial charge is 0.350 e. The van der Waals surface area contributed by atoms with E-state index in [1.807, 2.05) is 49.6 Å². The van der Waals surface area contributed by atoms with Gasteiger partial charge in [0.15, 0.2) is 5.13 Å². The second-order valence-corrected chi connectivity index (χ2v) is 6.52. The maximum atomic E-state index is 12.4. The minimum Gasteiger partial charge on any atom is -0.350 e. The second kappa shape index (κ2) is 5.52. The number of thiazole rings is 1. The Morgan fingerprint density at radius 1 is 1.17 bits per heavy atom. The lowest BCUT2D eigenvalue weighted by atomic mass is 10.1. The van der Waals surface area contributed by atoms with Crippen molar-refractivity contribution in [3.63, 3.8) is 0 Å². The molecule has 4 rings (SSSR count). The fourth-order valence-corrected chi connectivity index (χ4v) is 3.71. The molecule has 4 nitrogen and oxygen atoms in total. The van der Waals surface area contributed by atoms with Crippen molar-refractivity contribution in [2.45, 2.75) is 6.42 Å². The predicted octanol–water partition coefficient (Wildman–Crippen LogP) is 3.97. The molecule has 0 saturated heterocycles. The van der Waals surface area contributed by atoms with Gasteiger partial charge in [0.05, 0.1) is 16.6 Å². The lowest BCUT2D eigenvalue weighted by molar-refractivity contribution is -0.115. The van der Waals surface area contributed by atoms with Gasteiger partial charge in [-0.05, 0) is 23.8 Å². The first-order valence-corrected chi connectivity index (χ1v) is 8.21. The zero-order valence-electron chi connectivity index (χ0n) is 12.6. The number of aryl methyl sites for hydroxylation is 1. The molecule has 0 atom stereocenters. The molecule has 0 bridgehead atoms. The maximum Gasteiger partial charge on any atom is 0.230 e. The highest BCUT2D eigenvalue weighted by atomic mass is 32.1. The first-order chi connectivity index (χ1) is 11.2. The van der Waals surface area contributed by atoms with E-state index in [0.717, 1.165) is 26.7 Å². The molecule has 0 spiro atoms. The molecular weight excluding hydrogens is 306 g/mol. The number of benzene rings is 2. The number of anilines is 1. The van der Waals surface area contributed by atoms with Gasteiger partial charge >= 0.3 is 0 Å². The number of aromatic nitrogens is 2. The monoisotopic (exact) mass is 321 g/mol. The topological polar surface area (TPSA) is 46.9 Å². The van der Waals surface area contributed by atoms with Gasteiger partial charge in [-0.3, -0.25) is 4.79 Å². The summed E-state index contributed by atoms with van der Waals surface area (Å²) in [6.07, 6.45) is 2.36. The molecule has 0 aliphatic carbocycles. The van der Waals surface area contributed by atoms with E-state index in [9.17, 15) is 4.79 Å². The molecule has 2 heterocycles. The van der Waals surface area contributed by atoms with E-state index in [-0.39, 0.29) is 5.91 Å². The van der Waals surface area contributed by atoms with Crippen molar-refractivity contribution in [3.8, 4) is 0 Å². The summed E-state index contributed by atoms with van der Waals surface area (Å²) in [5, 5.41) is 4.68. The Balaban J connectivity index is 1.57. The van der Waals surface area contributed by atoms with Crippen LogP contribution in [0.1, 0.15) is 5.56 Å². The van der Waals surface area contributed by atoms with Gasteiger partial charge < -0.3 is 9.88 Å². The van der Waals surface area contributed by atoms with Gasteiger partial charge in [-0.25, -0.2) is 4.98 Å². The number of fused-ring (bicyclic) bond motifs is 2. The Labute approximate surface area is 137 Å². The molecule has 0 radical (unpaired) electrons. The molecule has 4 aromatic rings. The van der Waals surface area contributed by atoms with Gasteiger partial charge in [-0.15, -0.1) is 0 Å². The van der Waals surface area contributed by atoms with Crippen LogP contribution in [0, 0.1) is 0 Å². The van der Waals surface area contributed by atoms with Crippen LogP contribution in [0.15, 0.2) is 54.7 Å². The van der Waals surface area contributed by atoms with Crippen LogP contribution >= 0.6 is 11.3 Å². The average molecular weight is 321 g/mol. The van der Waals surface area contributed by atoms with Gasteiger partial charge in [0.2, 0.25) is 5.91 Å². The summed E-state index contributed by atoms with van der Waals surface area (Å²) >= 11 is 1.50. The first-order valence-electron chi connectivity index (χ1n) is 7.39. The molecule has 1 amide bonds. The summed E-state index contributed by atoms with van der Waals surface area (Å²) in [6.45, 7) is 0. The minimum absolute atomic E-state index is 0.0413. The van der Waals surface area contributed by atoms with Crippen molar-refractivity contribution in [3.05, 3.63) is 60.3 Å². The molecule has 5 heteroatoms. The van der Waals surface area contributed by atoms with Gasteiger partial charge in [-0.1, -0.05) is 41.7 Å². The third-order valence-electron chi connectivity index (χ3n) is 3.87. The number of hydrogen-bond donors (Lipinski definition) is 1. The predicted molar refractivity (Wildman–Crippen MR) is 94.9 cm³/mol. The summed E-state index contributed by atoms with van der Waals surface area (Å²) in [7, 11) is 2.00. The molecule has 0 fully saturated rings. The van der Waals surface area contributed by atoms with Crippen LogP contribution in [-0.4, -0.2) is 15.5 Å². The Hall–Kier alpha value is -2.66. The van der Waals surface area contributed by atoms with E-state index in [4.69, 9.17) is 0 Å². The Morgan fingerprint density at radius 2 is 1.96 bits per heavy atom. The molecular formula is C18H15N3OS. The molecule has 0 saturated carbocycles. The molecule has 2 aromatic heterocycles. The van der Waals surface area contributed by atoms with Crippen LogP contribution < -0.4 is 5.32 Å². The van der Waals surface area contributed by atoms with Gasteiger partial charge in [-0.2, -0.15) is 0 Å². The number of nitrogens with one attached hydrogen (secondary N) is 1. The highest BCUT2D eigenvalue weighted by molar-refractivity contribution is 7.22. The molecule has 0 aliphatic rings. The molecule has 0 unspecified atom stereocenters. The normalized spacial score (nSPS) is 11.2. The highest BCUT2D eigenvalue weighted by Crippen LogP contribution is 2.26. The van der Waals surface area contributed by atoms with E-state index in [1.54, 1.807) is 0 Å². The van der Waals surface area contributed by atoms with Gasteiger partial charge in [0, 0.05) is 24.1 Å². The summed E-state index contributed by atoms with van der Waals surface area (Å²) in [5.74, 6) is -0.0413. The lowest BCUT2D eigenvalue weighted by Gasteiger charge is -2.00. The summed E-state index contributed by atoms with van der Waals surface area (Å²) < 4.78 is 3.13. The zero-order valence-corrected chi connectivity index (χ0v) is 13.4. The van der Waals surface area contributed by atoms with Crippen LogP contribution in [0.2, 0.25) is 0 Å². The van der Waals surface area contributed by atoms with E-state index >= 15 is 0 Å². The van der Waals surface area contributed by atoms with E-state index in [1.165, 1.54) is 11.3 Å². The molecule has 114 valence electrons.